The molecule has 1 N–H and O–H groups in total. The van der Waals surface area contributed by atoms with E-state index in [1.807, 2.05) is 24.3 Å². The van der Waals surface area contributed by atoms with Gasteiger partial charge in [0, 0.05) is 17.8 Å². The molecule has 0 aliphatic carbocycles. The molecule has 0 saturated heterocycles. The topological polar surface area (TPSA) is 30.5 Å². The molecule has 3 rings (SSSR count). The van der Waals surface area contributed by atoms with E-state index in [9.17, 15) is 0 Å². The number of anilines is 1. The largest absolute Gasteiger partial charge is 0.493 e. The smallest absolute Gasteiger partial charge is 0.165 e. The van der Waals surface area contributed by atoms with E-state index in [2.05, 4.69) is 67.4 Å². The van der Waals surface area contributed by atoms with Gasteiger partial charge in [-0.3, -0.25) is 0 Å². The van der Waals surface area contributed by atoms with Crippen LogP contribution in [0.15, 0.2) is 79.4 Å². The maximum Gasteiger partial charge on any atom is 0.165 e. The first kappa shape index (κ1) is 20.5. The number of ether oxygens (including phenoxy) is 2. The maximum atomic E-state index is 6.16. The minimum atomic E-state index is 0.503. The predicted molar refractivity (Wildman–Crippen MR) is 121 cm³/mol. The van der Waals surface area contributed by atoms with Crippen LogP contribution in [-0.2, 0) is 26.0 Å². The van der Waals surface area contributed by atoms with Crippen LogP contribution in [0.25, 0.3) is 0 Å². The molecular formula is C26H29NO2. The second-order valence-electron chi connectivity index (χ2n) is 6.92. The summed E-state index contributed by atoms with van der Waals surface area (Å²) in [5.41, 5.74) is 5.84. The highest BCUT2D eigenvalue weighted by atomic mass is 16.5. The van der Waals surface area contributed by atoms with Crippen molar-refractivity contribution in [2.24, 2.45) is 0 Å². The van der Waals surface area contributed by atoms with Gasteiger partial charge >= 0.3 is 0 Å². The molecule has 0 radical (unpaired) electrons. The normalized spacial score (nSPS) is 10.4. The van der Waals surface area contributed by atoms with Crippen molar-refractivity contribution in [3.8, 4) is 11.5 Å². The Morgan fingerprint density at radius 1 is 0.931 bits per heavy atom. The monoisotopic (exact) mass is 387 g/mol. The van der Waals surface area contributed by atoms with Crippen molar-refractivity contribution in [3.05, 3.63) is 102 Å². The summed E-state index contributed by atoms with van der Waals surface area (Å²) in [5, 5.41) is 3.56. The summed E-state index contributed by atoms with van der Waals surface area (Å²) < 4.78 is 11.8. The van der Waals surface area contributed by atoms with Gasteiger partial charge in [-0.15, -0.1) is 6.58 Å². The Kier molecular flexibility index (Phi) is 7.34. The molecular weight excluding hydrogens is 358 g/mol. The van der Waals surface area contributed by atoms with Crippen LogP contribution in [0.2, 0.25) is 0 Å². The van der Waals surface area contributed by atoms with E-state index < -0.39 is 0 Å². The number of nitrogens with one attached hydrogen (secondary N) is 1. The van der Waals surface area contributed by atoms with Gasteiger partial charge in [-0.1, -0.05) is 61.5 Å². The Morgan fingerprint density at radius 3 is 2.41 bits per heavy atom. The molecule has 0 aromatic heterocycles. The van der Waals surface area contributed by atoms with Gasteiger partial charge in [-0.2, -0.15) is 0 Å². The molecule has 0 aliphatic rings. The van der Waals surface area contributed by atoms with E-state index in [0.717, 1.165) is 47.6 Å². The van der Waals surface area contributed by atoms with Crippen molar-refractivity contribution < 1.29 is 9.47 Å². The van der Waals surface area contributed by atoms with Crippen LogP contribution in [0.1, 0.15) is 29.2 Å². The predicted octanol–water partition coefficient (Wildman–Crippen LogP) is 6.18. The van der Waals surface area contributed by atoms with E-state index in [0.29, 0.717) is 6.61 Å². The molecule has 150 valence electrons. The quantitative estimate of drug-likeness (QED) is 0.422. The lowest BCUT2D eigenvalue weighted by Crippen LogP contribution is -2.06. The number of hydrogen-bond donors (Lipinski definition) is 1. The van der Waals surface area contributed by atoms with Crippen LogP contribution < -0.4 is 14.8 Å². The lowest BCUT2D eigenvalue weighted by Gasteiger charge is -2.18. The first-order valence-corrected chi connectivity index (χ1v) is 10.0. The first-order valence-electron chi connectivity index (χ1n) is 10.0. The first-order chi connectivity index (χ1) is 14.2. The molecule has 0 atom stereocenters. The van der Waals surface area contributed by atoms with Crippen molar-refractivity contribution in [2.45, 2.75) is 32.9 Å². The highest BCUT2D eigenvalue weighted by Crippen LogP contribution is 2.34. The molecule has 0 bridgehead atoms. The van der Waals surface area contributed by atoms with Crippen LogP contribution in [-0.4, -0.2) is 7.11 Å². The Morgan fingerprint density at radius 2 is 1.69 bits per heavy atom. The lowest BCUT2D eigenvalue weighted by molar-refractivity contribution is 0.281. The number of methoxy groups -OCH3 is 1. The van der Waals surface area contributed by atoms with Gasteiger partial charge in [0.25, 0.3) is 0 Å². The highest BCUT2D eigenvalue weighted by molar-refractivity contribution is 5.54. The average molecular weight is 388 g/mol. The molecule has 3 aromatic rings. The zero-order valence-electron chi connectivity index (χ0n) is 17.3. The average Bonchev–Trinajstić information content (AvgIpc) is 2.77. The van der Waals surface area contributed by atoms with Gasteiger partial charge in [0.2, 0.25) is 0 Å². The van der Waals surface area contributed by atoms with Gasteiger partial charge in [-0.25, -0.2) is 0 Å². The van der Waals surface area contributed by atoms with E-state index in [4.69, 9.17) is 9.47 Å². The summed E-state index contributed by atoms with van der Waals surface area (Å²) in [7, 11) is 1.69. The van der Waals surface area contributed by atoms with Crippen LogP contribution in [0.4, 0.5) is 5.69 Å². The van der Waals surface area contributed by atoms with E-state index >= 15 is 0 Å². The third-order valence-electron chi connectivity index (χ3n) is 4.88. The number of allylic oxidation sites excluding steroid dienone is 1. The van der Waals surface area contributed by atoms with E-state index in [-0.39, 0.29) is 0 Å². The number of benzene rings is 3. The number of hydrogen-bond acceptors (Lipinski definition) is 3. The van der Waals surface area contributed by atoms with Gasteiger partial charge < -0.3 is 14.8 Å². The molecule has 3 heteroatoms. The fourth-order valence-electron chi connectivity index (χ4n) is 3.38. The summed E-state index contributed by atoms with van der Waals surface area (Å²) in [6.45, 7) is 7.30. The Hall–Kier alpha value is -3.20. The highest BCUT2D eigenvalue weighted by Gasteiger charge is 2.13. The second kappa shape index (κ2) is 10.4. The maximum absolute atomic E-state index is 6.16. The zero-order chi connectivity index (χ0) is 20.5. The third kappa shape index (κ3) is 5.41. The molecule has 0 saturated carbocycles. The molecule has 0 fully saturated rings. The van der Waals surface area contributed by atoms with Crippen molar-refractivity contribution in [2.75, 3.05) is 12.4 Å². The number of para-hydroxylation sites is 1. The fraction of sp³-hybridized carbons (Fsp3) is 0.231. The molecule has 0 heterocycles. The SMILES string of the molecule is C=CCc1cc(CNc2ccccc2CC)cc(OC)c1OCc1ccccc1. The molecule has 0 amide bonds. The van der Waals surface area contributed by atoms with Crippen LogP contribution in [0, 0.1) is 0 Å². The summed E-state index contributed by atoms with van der Waals surface area (Å²) in [6, 6.07) is 22.8. The van der Waals surface area contributed by atoms with Crippen LogP contribution in [0.5, 0.6) is 11.5 Å². The molecule has 3 aromatic carbocycles. The fourth-order valence-corrected chi connectivity index (χ4v) is 3.38. The van der Waals surface area contributed by atoms with E-state index in [1.165, 1.54) is 11.3 Å². The van der Waals surface area contributed by atoms with Gasteiger partial charge in [0.1, 0.15) is 6.61 Å². The standard InChI is InChI=1S/C26H29NO2/c1-4-11-23-16-21(18-27-24-15-10-9-14-22(24)5-2)17-25(28-3)26(23)29-19-20-12-7-6-8-13-20/h4,6-10,12-17,27H,1,5,11,18-19H2,2-3H3. The van der Waals surface area contributed by atoms with Crippen molar-refractivity contribution >= 4 is 5.69 Å². The van der Waals surface area contributed by atoms with E-state index in [1.54, 1.807) is 7.11 Å². The van der Waals surface area contributed by atoms with Crippen LogP contribution in [0.3, 0.4) is 0 Å². The molecule has 29 heavy (non-hydrogen) atoms. The zero-order valence-corrected chi connectivity index (χ0v) is 17.3. The minimum absolute atomic E-state index is 0.503. The molecule has 0 aliphatic heterocycles. The van der Waals surface area contributed by atoms with Gasteiger partial charge in [-0.05, 0) is 47.7 Å². The van der Waals surface area contributed by atoms with Crippen LogP contribution >= 0.6 is 0 Å². The molecule has 3 nitrogen and oxygen atoms in total. The van der Waals surface area contributed by atoms with Gasteiger partial charge in [0.05, 0.1) is 7.11 Å². The van der Waals surface area contributed by atoms with Crippen molar-refractivity contribution in [3.63, 3.8) is 0 Å². The summed E-state index contributed by atoms with van der Waals surface area (Å²) in [6.07, 6.45) is 3.62. The Labute approximate surface area is 174 Å². The van der Waals surface area contributed by atoms with Crippen molar-refractivity contribution in [1.82, 2.24) is 0 Å². The summed E-state index contributed by atoms with van der Waals surface area (Å²) in [5.74, 6) is 1.54. The van der Waals surface area contributed by atoms with Gasteiger partial charge in [0.15, 0.2) is 11.5 Å². The second-order valence-corrected chi connectivity index (χ2v) is 6.92. The Bertz CT molecular complexity index is 935. The summed E-state index contributed by atoms with van der Waals surface area (Å²) >= 11 is 0. The van der Waals surface area contributed by atoms with Crippen molar-refractivity contribution in [1.29, 1.82) is 0 Å². The number of aryl methyl sites for hydroxylation is 1. The third-order valence-corrected chi connectivity index (χ3v) is 4.88. The number of rotatable bonds is 10. The Balaban J connectivity index is 1.81. The molecule has 0 spiro atoms. The minimum Gasteiger partial charge on any atom is -0.493 e. The summed E-state index contributed by atoms with van der Waals surface area (Å²) in [4.78, 5) is 0. The molecule has 0 unspecified atom stereocenters. The lowest BCUT2D eigenvalue weighted by atomic mass is 10.0.